The van der Waals surface area contributed by atoms with Gasteiger partial charge in [-0.1, -0.05) is 56.5 Å². The van der Waals surface area contributed by atoms with E-state index in [1.54, 1.807) is 0 Å². The molecule has 0 bridgehead atoms. The highest BCUT2D eigenvalue weighted by Gasteiger charge is 2.23. The molecule has 3 heteroatoms. The zero-order chi connectivity index (χ0) is 14.4. The molecule has 2 rings (SSSR count). The van der Waals surface area contributed by atoms with Crippen LogP contribution in [0.1, 0.15) is 50.6 Å². The fourth-order valence-corrected chi connectivity index (χ4v) is 2.92. The van der Waals surface area contributed by atoms with E-state index in [1.807, 2.05) is 37.3 Å². The molecule has 0 aliphatic heterocycles. The normalized spacial score (nSPS) is 19.3. The van der Waals surface area contributed by atoms with Crippen molar-refractivity contribution in [2.24, 2.45) is 17.6 Å². The topological polar surface area (TPSA) is 55.1 Å². The first-order chi connectivity index (χ1) is 9.68. The lowest BCUT2D eigenvalue weighted by Crippen LogP contribution is -2.38. The van der Waals surface area contributed by atoms with Crippen molar-refractivity contribution in [2.45, 2.75) is 45.1 Å². The Morgan fingerprint density at radius 3 is 2.55 bits per heavy atom. The molecule has 1 aliphatic carbocycles. The Morgan fingerprint density at radius 2 is 1.90 bits per heavy atom. The van der Waals surface area contributed by atoms with Crippen LogP contribution in [0.25, 0.3) is 0 Å². The first kappa shape index (κ1) is 15.0. The largest absolute Gasteiger partial charge is 0.356 e. The first-order valence-electron chi connectivity index (χ1n) is 7.76. The number of rotatable bonds is 5. The number of hydrogen-bond donors (Lipinski definition) is 2. The summed E-state index contributed by atoms with van der Waals surface area (Å²) in [7, 11) is 0. The molecular formula is C17H26N2O. The molecular weight excluding hydrogens is 248 g/mol. The Balaban J connectivity index is 1.82. The maximum absolute atomic E-state index is 12.2. The summed E-state index contributed by atoms with van der Waals surface area (Å²) in [4.78, 5) is 12.2. The Labute approximate surface area is 121 Å². The van der Waals surface area contributed by atoms with Crippen molar-refractivity contribution in [3.8, 4) is 0 Å². The highest BCUT2D eigenvalue weighted by atomic mass is 16.1. The minimum atomic E-state index is -0.234. The molecule has 0 radical (unpaired) electrons. The third kappa shape index (κ3) is 4.07. The summed E-state index contributed by atoms with van der Waals surface area (Å²) in [5.74, 6) is 0.542. The van der Waals surface area contributed by atoms with Crippen molar-refractivity contribution in [1.82, 2.24) is 5.32 Å². The quantitative estimate of drug-likeness (QED) is 0.867. The van der Waals surface area contributed by atoms with Crippen LogP contribution in [0, 0.1) is 11.8 Å². The molecule has 3 N–H and O–H groups in total. The number of nitrogens with one attached hydrogen (secondary N) is 1. The van der Waals surface area contributed by atoms with Crippen molar-refractivity contribution in [2.75, 3.05) is 6.54 Å². The lowest BCUT2D eigenvalue weighted by Gasteiger charge is -2.24. The van der Waals surface area contributed by atoms with Crippen LogP contribution < -0.4 is 11.1 Å². The van der Waals surface area contributed by atoms with Gasteiger partial charge >= 0.3 is 0 Å². The zero-order valence-electron chi connectivity index (χ0n) is 12.3. The van der Waals surface area contributed by atoms with Crippen molar-refractivity contribution in [3.05, 3.63) is 35.9 Å². The van der Waals surface area contributed by atoms with Crippen LogP contribution in [0.15, 0.2) is 30.3 Å². The molecule has 0 aromatic heterocycles. The zero-order valence-corrected chi connectivity index (χ0v) is 12.3. The lowest BCUT2D eigenvalue weighted by molar-refractivity contribution is -0.125. The summed E-state index contributed by atoms with van der Waals surface area (Å²) in [6.07, 6.45) is 6.46. The molecule has 110 valence electrons. The lowest BCUT2D eigenvalue weighted by atomic mass is 9.89. The predicted octanol–water partition coefficient (Wildman–Crippen LogP) is 3.02. The molecule has 2 unspecified atom stereocenters. The van der Waals surface area contributed by atoms with E-state index in [1.165, 1.54) is 32.1 Å². The summed E-state index contributed by atoms with van der Waals surface area (Å²) in [6, 6.07) is 9.61. The molecule has 1 aliphatic rings. The summed E-state index contributed by atoms with van der Waals surface area (Å²) < 4.78 is 0. The molecule has 1 amide bonds. The Kier molecular flexibility index (Phi) is 5.60. The summed E-state index contributed by atoms with van der Waals surface area (Å²) in [5, 5.41) is 3.08. The average Bonchev–Trinajstić information content (AvgIpc) is 2.53. The Hall–Kier alpha value is -1.35. The molecule has 1 saturated carbocycles. The second-order valence-corrected chi connectivity index (χ2v) is 5.97. The van der Waals surface area contributed by atoms with Gasteiger partial charge in [-0.15, -0.1) is 0 Å². The van der Waals surface area contributed by atoms with Gasteiger partial charge < -0.3 is 11.1 Å². The van der Waals surface area contributed by atoms with Gasteiger partial charge in [-0.05, 0) is 24.3 Å². The van der Waals surface area contributed by atoms with Crippen LogP contribution in [0.2, 0.25) is 0 Å². The predicted molar refractivity (Wildman–Crippen MR) is 82.1 cm³/mol. The maximum Gasteiger partial charge on any atom is 0.224 e. The van der Waals surface area contributed by atoms with Crippen LogP contribution in [0.4, 0.5) is 0 Å². The van der Waals surface area contributed by atoms with E-state index in [4.69, 9.17) is 5.73 Å². The van der Waals surface area contributed by atoms with E-state index in [2.05, 4.69) is 5.32 Å². The molecule has 1 aromatic carbocycles. The molecule has 0 spiro atoms. The molecule has 2 atom stereocenters. The maximum atomic E-state index is 12.2. The van der Waals surface area contributed by atoms with Gasteiger partial charge in [-0.2, -0.15) is 0 Å². The third-order valence-corrected chi connectivity index (χ3v) is 4.43. The number of benzene rings is 1. The number of hydrogen-bond acceptors (Lipinski definition) is 2. The van der Waals surface area contributed by atoms with Crippen molar-refractivity contribution >= 4 is 5.91 Å². The van der Waals surface area contributed by atoms with E-state index in [9.17, 15) is 4.79 Å². The third-order valence-electron chi connectivity index (χ3n) is 4.43. The minimum absolute atomic E-state index is 0.0759. The van der Waals surface area contributed by atoms with Crippen LogP contribution in [0.5, 0.6) is 0 Å². The van der Waals surface area contributed by atoms with Gasteiger partial charge in [-0.25, -0.2) is 0 Å². The van der Waals surface area contributed by atoms with Crippen LogP contribution in [0.3, 0.4) is 0 Å². The standard InChI is InChI=1S/C17H26N2O/c1-13(16(18)15-10-6-3-7-11-15)17(20)19-12-14-8-4-2-5-9-14/h3,6-7,10-11,13-14,16H,2,4-5,8-9,12,18H2,1H3,(H,19,20). The van der Waals surface area contributed by atoms with E-state index < -0.39 is 0 Å². The van der Waals surface area contributed by atoms with Crippen LogP contribution >= 0.6 is 0 Å². The smallest absolute Gasteiger partial charge is 0.224 e. The second kappa shape index (κ2) is 7.44. The Bertz CT molecular complexity index is 412. The van der Waals surface area contributed by atoms with Gasteiger partial charge in [-0.3, -0.25) is 4.79 Å². The van der Waals surface area contributed by atoms with E-state index in [0.717, 1.165) is 12.1 Å². The molecule has 1 fully saturated rings. The number of carbonyl (C=O) groups is 1. The van der Waals surface area contributed by atoms with Gasteiger partial charge in [0, 0.05) is 12.6 Å². The van der Waals surface area contributed by atoms with Crippen LogP contribution in [-0.4, -0.2) is 12.5 Å². The molecule has 0 heterocycles. The minimum Gasteiger partial charge on any atom is -0.356 e. The number of nitrogens with two attached hydrogens (primary N) is 1. The molecule has 0 saturated heterocycles. The second-order valence-electron chi connectivity index (χ2n) is 5.97. The van der Waals surface area contributed by atoms with E-state index in [0.29, 0.717) is 5.92 Å². The van der Waals surface area contributed by atoms with Crippen molar-refractivity contribution in [1.29, 1.82) is 0 Å². The molecule has 3 nitrogen and oxygen atoms in total. The fourth-order valence-electron chi connectivity index (χ4n) is 2.92. The first-order valence-corrected chi connectivity index (χ1v) is 7.76. The van der Waals surface area contributed by atoms with Gasteiger partial charge in [0.15, 0.2) is 0 Å². The summed E-state index contributed by atoms with van der Waals surface area (Å²) >= 11 is 0. The number of carbonyl (C=O) groups excluding carboxylic acids is 1. The van der Waals surface area contributed by atoms with Gasteiger partial charge in [0.05, 0.1) is 5.92 Å². The molecule has 1 aromatic rings. The summed E-state index contributed by atoms with van der Waals surface area (Å²) in [5.41, 5.74) is 7.21. The molecule has 20 heavy (non-hydrogen) atoms. The van der Waals surface area contributed by atoms with E-state index in [-0.39, 0.29) is 17.9 Å². The number of amides is 1. The monoisotopic (exact) mass is 274 g/mol. The highest BCUT2D eigenvalue weighted by Crippen LogP contribution is 2.23. The summed E-state index contributed by atoms with van der Waals surface area (Å²) in [6.45, 7) is 2.72. The highest BCUT2D eigenvalue weighted by molar-refractivity contribution is 5.79. The SMILES string of the molecule is CC(C(=O)NCC1CCCCC1)C(N)c1ccccc1. The van der Waals surface area contributed by atoms with Crippen molar-refractivity contribution in [3.63, 3.8) is 0 Å². The van der Waals surface area contributed by atoms with Gasteiger partial charge in [0.25, 0.3) is 0 Å². The van der Waals surface area contributed by atoms with Gasteiger partial charge in [0.2, 0.25) is 5.91 Å². The Morgan fingerprint density at radius 1 is 1.25 bits per heavy atom. The van der Waals surface area contributed by atoms with E-state index >= 15 is 0 Å². The van der Waals surface area contributed by atoms with Gasteiger partial charge in [0.1, 0.15) is 0 Å². The average molecular weight is 274 g/mol. The van der Waals surface area contributed by atoms with Crippen molar-refractivity contribution < 1.29 is 4.79 Å². The fraction of sp³-hybridized carbons (Fsp3) is 0.588. The van der Waals surface area contributed by atoms with Crippen LogP contribution in [-0.2, 0) is 4.79 Å².